The second kappa shape index (κ2) is 7.26. The Labute approximate surface area is 179 Å². The first-order valence-corrected chi connectivity index (χ1v) is 10.8. The van der Waals surface area contributed by atoms with Crippen molar-refractivity contribution in [2.75, 3.05) is 12.4 Å². The van der Waals surface area contributed by atoms with E-state index in [1.165, 1.54) is 16.9 Å². The molecule has 150 valence electrons. The Balaban J connectivity index is 1.55. The molecule has 1 aliphatic carbocycles. The second-order valence-electron chi connectivity index (χ2n) is 7.94. The zero-order chi connectivity index (χ0) is 20.7. The molecule has 0 saturated heterocycles. The molecular formula is C25H22N2O2S. The number of hydrogen-bond acceptors (Lipinski definition) is 4. The number of fused-ring (bicyclic) bond motifs is 2. The molecule has 3 aromatic carbocycles. The van der Waals surface area contributed by atoms with Gasteiger partial charge >= 0.3 is 0 Å². The SMILES string of the molecule is COc1ccc2c(c1)[C@@H](c1ccccc1)[C@@](C)(C(=O)Nc1nc3ccccc3s1)C2. The van der Waals surface area contributed by atoms with Crippen molar-refractivity contribution in [2.24, 2.45) is 5.41 Å². The van der Waals surface area contributed by atoms with Crippen molar-refractivity contribution in [1.82, 2.24) is 4.98 Å². The summed E-state index contributed by atoms with van der Waals surface area (Å²) in [6.45, 7) is 2.06. The van der Waals surface area contributed by atoms with Crippen molar-refractivity contribution in [3.8, 4) is 5.75 Å². The van der Waals surface area contributed by atoms with E-state index in [4.69, 9.17) is 4.74 Å². The van der Waals surface area contributed by atoms with Gasteiger partial charge in [0.1, 0.15) is 5.75 Å². The molecule has 1 heterocycles. The molecule has 4 nitrogen and oxygen atoms in total. The van der Waals surface area contributed by atoms with Gasteiger partial charge in [-0.3, -0.25) is 4.79 Å². The van der Waals surface area contributed by atoms with Crippen molar-refractivity contribution in [1.29, 1.82) is 0 Å². The smallest absolute Gasteiger partial charge is 0.233 e. The maximum atomic E-state index is 13.6. The number of nitrogens with zero attached hydrogens (tertiary/aromatic N) is 1. The third kappa shape index (κ3) is 3.06. The molecule has 1 aromatic heterocycles. The molecule has 0 unspecified atom stereocenters. The lowest BCUT2D eigenvalue weighted by atomic mass is 9.73. The third-order valence-electron chi connectivity index (χ3n) is 6.02. The minimum atomic E-state index is -0.631. The Morgan fingerprint density at radius 1 is 1.10 bits per heavy atom. The monoisotopic (exact) mass is 414 g/mol. The number of thiazole rings is 1. The number of carbonyl (C=O) groups is 1. The maximum Gasteiger partial charge on any atom is 0.233 e. The van der Waals surface area contributed by atoms with E-state index in [2.05, 4.69) is 41.5 Å². The lowest BCUT2D eigenvalue weighted by Crippen LogP contribution is -2.37. The first-order chi connectivity index (χ1) is 14.6. The number of hydrogen-bond donors (Lipinski definition) is 1. The molecule has 1 amide bonds. The van der Waals surface area contributed by atoms with Crippen molar-refractivity contribution >= 4 is 32.6 Å². The summed E-state index contributed by atoms with van der Waals surface area (Å²) in [7, 11) is 1.67. The fraction of sp³-hybridized carbons (Fsp3) is 0.200. The Morgan fingerprint density at radius 3 is 2.63 bits per heavy atom. The van der Waals surface area contributed by atoms with Gasteiger partial charge in [-0.2, -0.15) is 0 Å². The summed E-state index contributed by atoms with van der Waals surface area (Å²) >= 11 is 1.51. The molecule has 0 spiro atoms. The minimum absolute atomic E-state index is 0.00873. The highest BCUT2D eigenvalue weighted by Crippen LogP contribution is 2.52. The van der Waals surface area contributed by atoms with Gasteiger partial charge in [0.25, 0.3) is 0 Å². The van der Waals surface area contributed by atoms with E-state index in [1.807, 2.05) is 48.5 Å². The van der Waals surface area contributed by atoms with E-state index in [0.29, 0.717) is 11.6 Å². The topological polar surface area (TPSA) is 51.2 Å². The zero-order valence-corrected chi connectivity index (χ0v) is 17.7. The van der Waals surface area contributed by atoms with Crippen LogP contribution in [0, 0.1) is 5.41 Å². The molecule has 0 radical (unpaired) electrons. The van der Waals surface area contributed by atoms with Gasteiger partial charge in [0, 0.05) is 5.92 Å². The number of anilines is 1. The van der Waals surface area contributed by atoms with Crippen LogP contribution in [0.2, 0.25) is 0 Å². The number of carbonyl (C=O) groups excluding carboxylic acids is 1. The summed E-state index contributed by atoms with van der Waals surface area (Å²) in [5, 5.41) is 3.76. The largest absolute Gasteiger partial charge is 0.497 e. The number of amides is 1. The van der Waals surface area contributed by atoms with Gasteiger partial charge in [0.2, 0.25) is 5.91 Å². The first kappa shape index (κ1) is 18.8. The predicted molar refractivity (Wildman–Crippen MR) is 121 cm³/mol. The van der Waals surface area contributed by atoms with E-state index in [0.717, 1.165) is 27.1 Å². The summed E-state index contributed by atoms with van der Waals surface area (Å²) in [6, 6.07) is 24.3. The normalized spacial score (nSPS) is 20.1. The van der Waals surface area contributed by atoms with Gasteiger partial charge in [0.05, 0.1) is 22.7 Å². The fourth-order valence-electron chi connectivity index (χ4n) is 4.54. The Morgan fingerprint density at radius 2 is 1.87 bits per heavy atom. The lowest BCUT2D eigenvalue weighted by Gasteiger charge is -2.31. The van der Waals surface area contributed by atoms with Crippen LogP contribution in [0.15, 0.2) is 72.8 Å². The van der Waals surface area contributed by atoms with Crippen molar-refractivity contribution in [2.45, 2.75) is 19.3 Å². The third-order valence-corrected chi connectivity index (χ3v) is 6.98. The van der Waals surface area contributed by atoms with Gasteiger partial charge in [-0.05, 0) is 54.3 Å². The minimum Gasteiger partial charge on any atom is -0.497 e. The Kier molecular flexibility index (Phi) is 4.55. The Bertz CT molecular complexity index is 1200. The highest BCUT2D eigenvalue weighted by molar-refractivity contribution is 7.22. The van der Waals surface area contributed by atoms with Crippen LogP contribution in [-0.4, -0.2) is 18.0 Å². The fourth-order valence-corrected chi connectivity index (χ4v) is 5.40. The standard InChI is InChI=1S/C25H22N2O2S/c1-25(23(28)27-24-26-20-10-6-7-11-21(20)30-24)15-17-12-13-18(29-2)14-19(17)22(25)16-8-4-3-5-9-16/h3-14,22H,15H2,1-2H3,(H,26,27,28)/t22-,25+/m1/s1. The summed E-state index contributed by atoms with van der Waals surface area (Å²) in [5.41, 5.74) is 3.75. The Hall–Kier alpha value is -3.18. The molecule has 0 aliphatic heterocycles. The highest BCUT2D eigenvalue weighted by atomic mass is 32.1. The van der Waals surface area contributed by atoms with Crippen LogP contribution in [0.5, 0.6) is 5.75 Å². The molecule has 2 atom stereocenters. The number of ether oxygens (including phenoxy) is 1. The molecule has 0 bridgehead atoms. The van der Waals surface area contributed by atoms with E-state index < -0.39 is 5.41 Å². The van der Waals surface area contributed by atoms with Crippen LogP contribution < -0.4 is 10.1 Å². The number of benzene rings is 3. The van der Waals surface area contributed by atoms with Crippen molar-refractivity contribution in [3.63, 3.8) is 0 Å². The quantitative estimate of drug-likeness (QED) is 0.470. The molecular weight excluding hydrogens is 392 g/mol. The van der Waals surface area contributed by atoms with Crippen LogP contribution in [0.1, 0.15) is 29.5 Å². The molecule has 4 aromatic rings. The average molecular weight is 415 g/mol. The number of para-hydroxylation sites is 1. The highest BCUT2D eigenvalue weighted by Gasteiger charge is 2.49. The lowest BCUT2D eigenvalue weighted by molar-refractivity contribution is -0.125. The number of methoxy groups -OCH3 is 1. The van der Waals surface area contributed by atoms with Gasteiger partial charge in [-0.1, -0.05) is 59.9 Å². The molecule has 1 aliphatic rings. The number of nitrogens with one attached hydrogen (secondary N) is 1. The molecule has 0 saturated carbocycles. The summed E-state index contributed by atoms with van der Waals surface area (Å²) in [5.74, 6) is 0.745. The van der Waals surface area contributed by atoms with Gasteiger partial charge in [-0.25, -0.2) is 4.98 Å². The number of aromatic nitrogens is 1. The number of rotatable bonds is 4. The summed E-state index contributed by atoms with van der Waals surface area (Å²) in [4.78, 5) is 18.2. The van der Waals surface area contributed by atoms with Crippen LogP contribution in [0.3, 0.4) is 0 Å². The van der Waals surface area contributed by atoms with Crippen LogP contribution >= 0.6 is 11.3 Å². The molecule has 1 N–H and O–H groups in total. The summed E-state index contributed by atoms with van der Waals surface area (Å²) in [6.07, 6.45) is 0.669. The maximum absolute atomic E-state index is 13.6. The van der Waals surface area contributed by atoms with E-state index in [-0.39, 0.29) is 11.8 Å². The van der Waals surface area contributed by atoms with Crippen molar-refractivity contribution in [3.05, 3.63) is 89.5 Å². The van der Waals surface area contributed by atoms with Crippen LogP contribution in [-0.2, 0) is 11.2 Å². The van der Waals surface area contributed by atoms with E-state index >= 15 is 0 Å². The van der Waals surface area contributed by atoms with Gasteiger partial charge in [-0.15, -0.1) is 0 Å². The first-order valence-electron chi connectivity index (χ1n) is 9.97. The molecule has 5 rings (SSSR count). The molecule has 0 fully saturated rings. The van der Waals surface area contributed by atoms with E-state index in [9.17, 15) is 4.79 Å². The summed E-state index contributed by atoms with van der Waals surface area (Å²) < 4.78 is 6.54. The van der Waals surface area contributed by atoms with Gasteiger partial charge < -0.3 is 10.1 Å². The van der Waals surface area contributed by atoms with E-state index in [1.54, 1.807) is 7.11 Å². The average Bonchev–Trinajstić information content (AvgIpc) is 3.31. The predicted octanol–water partition coefficient (Wildman–Crippen LogP) is 5.64. The van der Waals surface area contributed by atoms with Gasteiger partial charge in [0.15, 0.2) is 5.13 Å². The second-order valence-corrected chi connectivity index (χ2v) is 8.97. The van der Waals surface area contributed by atoms with Crippen LogP contribution in [0.4, 0.5) is 5.13 Å². The molecule has 30 heavy (non-hydrogen) atoms. The van der Waals surface area contributed by atoms with Crippen molar-refractivity contribution < 1.29 is 9.53 Å². The van der Waals surface area contributed by atoms with Crippen LogP contribution in [0.25, 0.3) is 10.2 Å². The molecule has 5 heteroatoms. The zero-order valence-electron chi connectivity index (χ0n) is 16.9.